The van der Waals surface area contributed by atoms with Crippen molar-refractivity contribution in [3.63, 3.8) is 0 Å². The number of halogens is 2. The lowest BCUT2D eigenvalue weighted by Gasteiger charge is -2.22. The quantitative estimate of drug-likeness (QED) is 0.368. The van der Waals surface area contributed by atoms with E-state index in [4.69, 9.17) is 23.2 Å². The van der Waals surface area contributed by atoms with Crippen LogP contribution in [0.4, 0.5) is 15.5 Å². The van der Waals surface area contributed by atoms with Crippen LogP contribution in [0.1, 0.15) is 54.4 Å². The second-order valence-electron chi connectivity index (χ2n) is 10.0. The Balaban J connectivity index is 2.01. The number of Topliss-reactive ketones (excluding diaryl/α,β-unsaturated/α-hetero) is 1. The minimum Gasteiger partial charge on any atom is -0.309 e. The van der Waals surface area contributed by atoms with E-state index in [0.717, 1.165) is 10.4 Å². The summed E-state index contributed by atoms with van der Waals surface area (Å²) in [5.41, 5.74) is 6.80. The molecule has 3 rings (SSSR count). The Morgan fingerprint density at radius 1 is 1.19 bits per heavy atom. The van der Waals surface area contributed by atoms with Gasteiger partial charge in [-0.25, -0.2) is 10.2 Å². The van der Waals surface area contributed by atoms with Crippen LogP contribution >= 0.6 is 34.5 Å². The molecule has 1 fully saturated rings. The Hall–Kier alpha value is -2.24. The molecule has 196 valence electrons. The summed E-state index contributed by atoms with van der Waals surface area (Å²) in [6, 6.07) is -0.525. The molecule has 2 aromatic heterocycles. The first-order chi connectivity index (χ1) is 16.9. The Labute approximate surface area is 225 Å². The molecule has 2 aromatic rings. The average molecular weight is 556 g/mol. The molecular weight excluding hydrogens is 523 g/mol. The Morgan fingerprint density at radius 2 is 1.86 bits per heavy atom. The highest BCUT2D eigenvalue weighted by Crippen LogP contribution is 2.42. The number of nitrogens with one attached hydrogen (secondary N) is 4. The molecule has 1 unspecified atom stereocenters. The second kappa shape index (κ2) is 11.9. The van der Waals surface area contributed by atoms with E-state index >= 15 is 0 Å². The molecule has 1 aliphatic rings. The van der Waals surface area contributed by atoms with Crippen molar-refractivity contribution in [2.45, 2.75) is 45.4 Å². The van der Waals surface area contributed by atoms with E-state index in [-0.39, 0.29) is 45.2 Å². The number of likely N-dealkylation sites (N-methyl/N-ethyl adjacent to an activating group) is 1. The number of urea groups is 1. The zero-order valence-electron chi connectivity index (χ0n) is 21.1. The number of aromatic nitrogens is 1. The van der Waals surface area contributed by atoms with Crippen LogP contribution in [0.2, 0.25) is 10.0 Å². The monoisotopic (exact) mass is 554 g/mol. The molecule has 0 spiro atoms. The highest BCUT2D eigenvalue weighted by atomic mass is 35.5. The van der Waals surface area contributed by atoms with Gasteiger partial charge < -0.3 is 10.2 Å². The van der Waals surface area contributed by atoms with E-state index < -0.39 is 6.03 Å². The maximum Gasteiger partial charge on any atom is 0.324 e. The van der Waals surface area contributed by atoms with Gasteiger partial charge in [-0.2, -0.15) is 0 Å². The molecule has 0 radical (unpaired) electrons. The molecule has 0 saturated carbocycles. The van der Waals surface area contributed by atoms with Crippen molar-refractivity contribution in [3.05, 3.63) is 38.4 Å². The summed E-state index contributed by atoms with van der Waals surface area (Å²) in [6.45, 7) is 7.16. The van der Waals surface area contributed by atoms with Gasteiger partial charge in [0, 0.05) is 48.3 Å². The molecule has 0 aromatic carbocycles. The minimum atomic E-state index is -0.525. The van der Waals surface area contributed by atoms with E-state index in [1.165, 1.54) is 23.7 Å². The van der Waals surface area contributed by atoms with Crippen LogP contribution in [-0.2, 0) is 16.6 Å². The molecule has 0 aliphatic carbocycles. The van der Waals surface area contributed by atoms with E-state index in [1.807, 2.05) is 39.8 Å². The van der Waals surface area contributed by atoms with Crippen molar-refractivity contribution in [1.29, 1.82) is 0 Å². The number of ketones is 1. The van der Waals surface area contributed by atoms with Gasteiger partial charge in [0.1, 0.15) is 5.00 Å². The number of hydrogen-bond acceptors (Lipinski definition) is 7. The molecule has 1 atom stereocenters. The summed E-state index contributed by atoms with van der Waals surface area (Å²) in [5, 5.41) is 6.65. The van der Waals surface area contributed by atoms with Gasteiger partial charge in [0.25, 0.3) is 0 Å². The summed E-state index contributed by atoms with van der Waals surface area (Å²) in [7, 11) is 3.91. The zero-order chi connectivity index (χ0) is 26.6. The van der Waals surface area contributed by atoms with Crippen molar-refractivity contribution in [1.82, 2.24) is 20.7 Å². The van der Waals surface area contributed by atoms with Crippen LogP contribution in [0, 0.1) is 5.92 Å². The van der Waals surface area contributed by atoms with Crippen molar-refractivity contribution in [2.24, 2.45) is 5.92 Å². The summed E-state index contributed by atoms with van der Waals surface area (Å²) in [5.74, 6) is -0.525. The van der Waals surface area contributed by atoms with Crippen molar-refractivity contribution in [3.8, 4) is 0 Å². The maximum absolute atomic E-state index is 13.9. The topological polar surface area (TPSA) is 115 Å². The van der Waals surface area contributed by atoms with Crippen LogP contribution in [0.5, 0.6) is 0 Å². The fourth-order valence-electron chi connectivity index (χ4n) is 3.88. The summed E-state index contributed by atoms with van der Waals surface area (Å²) in [4.78, 5) is 45.5. The van der Waals surface area contributed by atoms with Crippen LogP contribution < -0.4 is 21.5 Å². The van der Waals surface area contributed by atoms with Gasteiger partial charge in [-0.15, -0.1) is 11.3 Å². The van der Waals surface area contributed by atoms with E-state index in [2.05, 4.69) is 26.5 Å². The third-order valence-electron chi connectivity index (χ3n) is 5.73. The van der Waals surface area contributed by atoms with Crippen molar-refractivity contribution < 1.29 is 14.4 Å². The summed E-state index contributed by atoms with van der Waals surface area (Å²) >= 11 is 13.7. The zero-order valence-corrected chi connectivity index (χ0v) is 23.4. The first kappa shape index (κ1) is 28.3. The largest absolute Gasteiger partial charge is 0.324 e. The van der Waals surface area contributed by atoms with E-state index in [0.29, 0.717) is 36.5 Å². The Kier molecular flexibility index (Phi) is 9.34. The van der Waals surface area contributed by atoms with E-state index in [1.54, 1.807) is 0 Å². The molecule has 3 heterocycles. The lowest BCUT2D eigenvalue weighted by molar-refractivity contribution is -0.121. The number of anilines is 2. The number of nitrogens with zero attached hydrogens (tertiary/aromatic N) is 2. The number of hydrazine groups is 1. The highest BCUT2D eigenvalue weighted by molar-refractivity contribution is 7.17. The SMILES string of the molecule is CN(C)CCc1c(NC(=O)Nc2c(Cl)cncc2Cl)sc(C(C)(C)C)c1C(=O)C1CCC(=O)NNC1. The van der Waals surface area contributed by atoms with Gasteiger partial charge in [-0.3, -0.25) is 25.3 Å². The first-order valence-electron chi connectivity index (χ1n) is 11.6. The smallest absolute Gasteiger partial charge is 0.309 e. The predicted molar refractivity (Wildman–Crippen MR) is 145 cm³/mol. The molecule has 0 bridgehead atoms. The minimum absolute atomic E-state index is 0.0254. The normalized spacial score (nSPS) is 16.4. The van der Waals surface area contributed by atoms with Crippen LogP contribution in [0.15, 0.2) is 12.4 Å². The van der Waals surface area contributed by atoms with Gasteiger partial charge in [0.05, 0.1) is 15.7 Å². The molecule has 1 aliphatic heterocycles. The molecule has 4 N–H and O–H groups in total. The van der Waals surface area contributed by atoms with Crippen LogP contribution in [-0.4, -0.2) is 54.8 Å². The third-order valence-corrected chi connectivity index (χ3v) is 7.88. The number of thiophene rings is 1. The third kappa shape index (κ3) is 6.95. The van der Waals surface area contributed by atoms with Crippen molar-refractivity contribution >= 4 is 62.9 Å². The predicted octanol–water partition coefficient (Wildman–Crippen LogP) is 4.71. The number of amides is 3. The van der Waals surface area contributed by atoms with Crippen LogP contribution in [0.25, 0.3) is 0 Å². The van der Waals surface area contributed by atoms with Gasteiger partial charge in [-0.1, -0.05) is 44.0 Å². The standard InChI is InChI=1S/C24H32Cl2N6O3S/c1-24(2,3)21-18(20(34)13-6-7-17(33)31-28-10-13)14(8-9-32(4)5)22(36-21)30-23(35)29-19-15(25)11-27-12-16(19)26/h11-13,28H,6-10H2,1-5H3,(H,31,33)(H2,27,29,30,35). The highest BCUT2D eigenvalue weighted by Gasteiger charge is 2.34. The van der Waals surface area contributed by atoms with Gasteiger partial charge >= 0.3 is 6.03 Å². The number of carbonyl (C=O) groups excluding carboxylic acids is 3. The lowest BCUT2D eigenvalue weighted by atomic mass is 9.84. The Morgan fingerprint density at radius 3 is 2.47 bits per heavy atom. The molecule has 12 heteroatoms. The Bertz CT molecular complexity index is 1130. The molecule has 1 saturated heterocycles. The van der Waals surface area contributed by atoms with Gasteiger partial charge in [0.15, 0.2) is 5.78 Å². The van der Waals surface area contributed by atoms with Crippen molar-refractivity contribution in [2.75, 3.05) is 37.8 Å². The summed E-state index contributed by atoms with van der Waals surface area (Å²) in [6.07, 6.45) is 4.07. The lowest BCUT2D eigenvalue weighted by Crippen LogP contribution is -2.38. The molecule has 3 amide bonds. The van der Waals surface area contributed by atoms with Gasteiger partial charge in [-0.05, 0) is 37.9 Å². The number of pyridine rings is 1. The second-order valence-corrected chi connectivity index (χ2v) is 11.8. The summed E-state index contributed by atoms with van der Waals surface area (Å²) < 4.78 is 0. The number of rotatable bonds is 7. The van der Waals surface area contributed by atoms with Crippen LogP contribution in [0.3, 0.4) is 0 Å². The molecule has 9 nitrogen and oxygen atoms in total. The van der Waals surface area contributed by atoms with Gasteiger partial charge in [0.2, 0.25) is 5.91 Å². The fraction of sp³-hybridized carbons (Fsp3) is 0.500. The molecule has 36 heavy (non-hydrogen) atoms. The first-order valence-corrected chi connectivity index (χ1v) is 13.2. The maximum atomic E-state index is 13.9. The fourth-order valence-corrected chi connectivity index (χ4v) is 5.64. The van der Waals surface area contributed by atoms with E-state index in [9.17, 15) is 14.4 Å². The molecular formula is C24H32Cl2N6O3S. The number of hydrogen-bond donors (Lipinski definition) is 4. The number of carbonyl (C=O) groups is 3. The average Bonchev–Trinajstić information content (AvgIpc) is 3.00.